The molecule has 0 amide bonds. The zero-order valence-corrected chi connectivity index (χ0v) is 13.1. The van der Waals surface area contributed by atoms with E-state index in [1.165, 1.54) is 0 Å². The number of nitrogens with one attached hydrogen (secondary N) is 2. The van der Waals surface area contributed by atoms with Crippen molar-refractivity contribution in [2.75, 3.05) is 32.8 Å². The van der Waals surface area contributed by atoms with Gasteiger partial charge in [-0.05, 0) is 6.92 Å². The lowest BCUT2D eigenvalue weighted by molar-refractivity contribution is -0.0264. The third-order valence-corrected chi connectivity index (χ3v) is 2.84. The highest BCUT2D eigenvalue weighted by Crippen LogP contribution is 2.05. The zero-order chi connectivity index (χ0) is 12.8. The van der Waals surface area contributed by atoms with E-state index in [0.29, 0.717) is 32.8 Å². The Balaban J connectivity index is 0.00000180. The average molecular weight is 325 g/mol. The molecule has 3 N–H and O–H groups in total. The second-order valence-electron chi connectivity index (χ2n) is 4.71. The lowest BCUT2D eigenvalue weighted by atomic mass is 10.1. The monoisotopic (exact) mass is 324 g/mol. The third kappa shape index (κ3) is 6.30. The summed E-state index contributed by atoms with van der Waals surface area (Å²) < 4.78 is 5.35. The van der Waals surface area contributed by atoms with Crippen LogP contribution in [0.15, 0.2) is 12.4 Å². The van der Waals surface area contributed by atoms with Gasteiger partial charge in [0.25, 0.3) is 0 Å². The quantitative estimate of drug-likeness (QED) is 0.727. The molecule has 116 valence electrons. The largest absolute Gasteiger partial charge is 0.385 e. The number of β-amino-alcohol motifs (C(OH)–C–C–N with tert-alkyl or cyclic N) is 1. The van der Waals surface area contributed by atoms with Crippen LogP contribution in [0.3, 0.4) is 0 Å². The van der Waals surface area contributed by atoms with Gasteiger partial charge in [-0.15, -0.1) is 24.8 Å². The Morgan fingerprint density at radius 3 is 2.90 bits per heavy atom. The normalized spacial score (nSPS) is 22.3. The van der Waals surface area contributed by atoms with Crippen molar-refractivity contribution in [1.29, 1.82) is 0 Å². The van der Waals surface area contributed by atoms with E-state index in [-0.39, 0.29) is 24.8 Å². The summed E-state index contributed by atoms with van der Waals surface area (Å²) in [5, 5.41) is 16.6. The van der Waals surface area contributed by atoms with Crippen molar-refractivity contribution in [3.63, 3.8) is 0 Å². The van der Waals surface area contributed by atoms with Gasteiger partial charge < -0.3 is 20.5 Å². The van der Waals surface area contributed by atoms with E-state index in [0.717, 1.165) is 17.9 Å². The molecule has 2 heterocycles. The minimum absolute atomic E-state index is 0. The zero-order valence-electron chi connectivity index (χ0n) is 11.5. The number of halogens is 2. The molecule has 8 heteroatoms. The van der Waals surface area contributed by atoms with E-state index in [1.54, 1.807) is 12.4 Å². The lowest BCUT2D eigenvalue weighted by Gasteiger charge is -2.26. The smallest absolute Gasteiger partial charge is 0.113 e. The van der Waals surface area contributed by atoms with E-state index in [9.17, 15) is 5.11 Å². The first kappa shape index (κ1) is 19.5. The van der Waals surface area contributed by atoms with Crippen molar-refractivity contribution in [3.8, 4) is 0 Å². The Bertz CT molecular complexity index is 370. The molecule has 0 aliphatic carbocycles. The summed E-state index contributed by atoms with van der Waals surface area (Å²) >= 11 is 0. The molecule has 1 aliphatic rings. The molecule has 0 radical (unpaired) electrons. The number of ether oxygens (including phenoxy) is 1. The minimum atomic E-state index is -0.853. The number of hydrogen-bond donors (Lipinski definition) is 3. The van der Waals surface area contributed by atoms with Gasteiger partial charge in [0.1, 0.15) is 5.60 Å². The predicted octanol–water partition coefficient (Wildman–Crippen LogP) is 0.0691. The van der Waals surface area contributed by atoms with Crippen LogP contribution in [0.2, 0.25) is 0 Å². The van der Waals surface area contributed by atoms with E-state index < -0.39 is 5.60 Å². The average Bonchev–Trinajstić information content (AvgIpc) is 2.57. The van der Waals surface area contributed by atoms with Crippen molar-refractivity contribution in [1.82, 2.24) is 20.6 Å². The molecule has 0 saturated carbocycles. The number of aryl methyl sites for hydroxylation is 1. The SMILES string of the molecule is Cc1cnc(CNCC2(O)CNCCOC2)cn1.Cl.Cl. The molecule has 1 unspecified atom stereocenters. The Kier molecular flexibility index (Phi) is 9.20. The molecule has 2 rings (SSSR count). The lowest BCUT2D eigenvalue weighted by Crippen LogP contribution is -2.50. The summed E-state index contributed by atoms with van der Waals surface area (Å²) in [6.07, 6.45) is 3.48. The summed E-state index contributed by atoms with van der Waals surface area (Å²) in [6.45, 7) is 5.29. The topological polar surface area (TPSA) is 79.3 Å². The van der Waals surface area contributed by atoms with Crippen molar-refractivity contribution < 1.29 is 9.84 Å². The first-order chi connectivity index (χ1) is 8.68. The van der Waals surface area contributed by atoms with Crippen LogP contribution in [-0.2, 0) is 11.3 Å². The molecule has 6 nitrogen and oxygen atoms in total. The van der Waals surface area contributed by atoms with Crippen LogP contribution >= 0.6 is 24.8 Å². The molecule has 1 aliphatic heterocycles. The Morgan fingerprint density at radius 2 is 2.20 bits per heavy atom. The Labute approximate surface area is 131 Å². The highest BCUT2D eigenvalue weighted by molar-refractivity contribution is 5.85. The summed E-state index contributed by atoms with van der Waals surface area (Å²) in [5.74, 6) is 0. The van der Waals surface area contributed by atoms with Crippen molar-refractivity contribution in [3.05, 3.63) is 23.8 Å². The minimum Gasteiger partial charge on any atom is -0.385 e. The van der Waals surface area contributed by atoms with Crippen LogP contribution in [0.1, 0.15) is 11.4 Å². The second-order valence-corrected chi connectivity index (χ2v) is 4.71. The fraction of sp³-hybridized carbons (Fsp3) is 0.667. The molecule has 1 fully saturated rings. The molecule has 0 aromatic carbocycles. The van der Waals surface area contributed by atoms with Gasteiger partial charge in [0.15, 0.2) is 0 Å². The number of nitrogens with zero attached hydrogens (tertiary/aromatic N) is 2. The summed E-state index contributed by atoms with van der Waals surface area (Å²) in [7, 11) is 0. The van der Waals surface area contributed by atoms with E-state index in [4.69, 9.17) is 4.74 Å². The van der Waals surface area contributed by atoms with Gasteiger partial charge in [-0.25, -0.2) is 0 Å². The fourth-order valence-electron chi connectivity index (χ4n) is 1.83. The van der Waals surface area contributed by atoms with Gasteiger partial charge in [0.2, 0.25) is 0 Å². The maximum Gasteiger partial charge on any atom is 0.113 e. The van der Waals surface area contributed by atoms with Gasteiger partial charge >= 0.3 is 0 Å². The Morgan fingerprint density at radius 1 is 1.40 bits per heavy atom. The molecule has 1 aromatic rings. The highest BCUT2D eigenvalue weighted by atomic mass is 35.5. The maximum atomic E-state index is 10.3. The number of aromatic nitrogens is 2. The van der Waals surface area contributed by atoms with Crippen LogP contribution in [0.25, 0.3) is 0 Å². The molecule has 0 bridgehead atoms. The highest BCUT2D eigenvalue weighted by Gasteiger charge is 2.28. The van der Waals surface area contributed by atoms with E-state index in [2.05, 4.69) is 20.6 Å². The summed E-state index contributed by atoms with van der Waals surface area (Å²) in [4.78, 5) is 8.42. The Hall–Kier alpha value is -0.500. The van der Waals surface area contributed by atoms with Gasteiger partial charge in [0, 0.05) is 38.6 Å². The standard InChI is InChI=1S/C12H20N4O2.2ClH/c1-10-4-16-11(6-15-10)5-14-8-12(17)7-13-2-3-18-9-12;;/h4,6,13-14,17H,2-3,5,7-9H2,1H3;2*1H. The molecule has 1 aromatic heterocycles. The van der Waals surface area contributed by atoms with Crippen molar-refractivity contribution >= 4 is 24.8 Å². The first-order valence-electron chi connectivity index (χ1n) is 6.17. The maximum absolute atomic E-state index is 10.3. The van der Waals surface area contributed by atoms with Gasteiger partial charge in [-0.3, -0.25) is 9.97 Å². The number of hydrogen-bond acceptors (Lipinski definition) is 6. The van der Waals surface area contributed by atoms with Gasteiger partial charge in [-0.1, -0.05) is 0 Å². The molecule has 0 spiro atoms. The molecular weight excluding hydrogens is 303 g/mol. The van der Waals surface area contributed by atoms with Crippen molar-refractivity contribution in [2.24, 2.45) is 0 Å². The third-order valence-electron chi connectivity index (χ3n) is 2.84. The molecule has 1 saturated heterocycles. The first-order valence-corrected chi connectivity index (χ1v) is 6.17. The van der Waals surface area contributed by atoms with Gasteiger partial charge in [-0.2, -0.15) is 0 Å². The van der Waals surface area contributed by atoms with Crippen LogP contribution in [0.4, 0.5) is 0 Å². The van der Waals surface area contributed by atoms with Gasteiger partial charge in [0.05, 0.1) is 24.6 Å². The van der Waals surface area contributed by atoms with E-state index in [1.807, 2.05) is 6.92 Å². The second kappa shape index (κ2) is 9.44. The fourth-order valence-corrected chi connectivity index (χ4v) is 1.83. The van der Waals surface area contributed by atoms with Crippen LogP contribution in [0, 0.1) is 6.92 Å². The summed E-state index contributed by atoms with van der Waals surface area (Å²) in [6, 6.07) is 0. The molecule has 1 atom stereocenters. The van der Waals surface area contributed by atoms with E-state index >= 15 is 0 Å². The molecule has 20 heavy (non-hydrogen) atoms. The summed E-state index contributed by atoms with van der Waals surface area (Å²) in [5.41, 5.74) is 0.916. The number of rotatable bonds is 4. The van der Waals surface area contributed by atoms with Crippen LogP contribution in [0.5, 0.6) is 0 Å². The van der Waals surface area contributed by atoms with Crippen molar-refractivity contribution in [2.45, 2.75) is 19.1 Å². The predicted molar refractivity (Wildman–Crippen MR) is 81.6 cm³/mol. The van der Waals surface area contributed by atoms with Crippen LogP contribution in [-0.4, -0.2) is 53.5 Å². The molecular formula is C12H22Cl2N4O2. The van der Waals surface area contributed by atoms with Crippen LogP contribution < -0.4 is 10.6 Å². The number of aliphatic hydroxyl groups is 1.